The van der Waals surface area contributed by atoms with Gasteiger partial charge in [-0.15, -0.1) is 0 Å². The van der Waals surface area contributed by atoms with Gasteiger partial charge < -0.3 is 5.11 Å². The van der Waals surface area contributed by atoms with Crippen molar-refractivity contribution in [3.8, 4) is 0 Å². The lowest BCUT2D eigenvalue weighted by Crippen LogP contribution is -1.94. The van der Waals surface area contributed by atoms with Crippen molar-refractivity contribution in [1.29, 1.82) is 0 Å². The third-order valence-electron chi connectivity index (χ3n) is 2.13. The number of carboxylic acid groups (broad SMARTS) is 1. The van der Waals surface area contributed by atoms with Crippen LogP contribution in [0, 0.1) is 6.92 Å². The van der Waals surface area contributed by atoms with Gasteiger partial charge in [-0.1, -0.05) is 24.3 Å². The molecule has 0 heterocycles. The van der Waals surface area contributed by atoms with E-state index < -0.39 is 5.97 Å². The summed E-state index contributed by atoms with van der Waals surface area (Å²) in [5.74, 6) is -0.710. The molecule has 1 rings (SSSR count). The van der Waals surface area contributed by atoms with Crippen LogP contribution in [-0.2, 0) is 11.2 Å². The van der Waals surface area contributed by atoms with Crippen molar-refractivity contribution in [2.45, 2.75) is 25.7 Å². The molecule has 0 bridgehead atoms. The Morgan fingerprint density at radius 3 is 2.43 bits per heavy atom. The minimum atomic E-state index is -0.710. The SMILES string of the molecule is [CH2]c1ccc(CCCCC(=O)O)cc1. The highest BCUT2D eigenvalue weighted by Gasteiger charge is 1.97. The highest BCUT2D eigenvalue weighted by Crippen LogP contribution is 2.08. The number of benzene rings is 1. The van der Waals surface area contributed by atoms with Gasteiger partial charge in [0.25, 0.3) is 0 Å². The second kappa shape index (κ2) is 5.43. The fraction of sp³-hybridized carbons (Fsp3) is 0.333. The first kappa shape index (κ1) is 10.8. The van der Waals surface area contributed by atoms with Crippen LogP contribution in [0.25, 0.3) is 0 Å². The van der Waals surface area contributed by atoms with Crippen molar-refractivity contribution in [2.75, 3.05) is 0 Å². The van der Waals surface area contributed by atoms with E-state index in [0.717, 1.165) is 24.8 Å². The van der Waals surface area contributed by atoms with Gasteiger partial charge in [-0.2, -0.15) is 0 Å². The van der Waals surface area contributed by atoms with E-state index in [2.05, 4.69) is 6.92 Å². The largest absolute Gasteiger partial charge is 0.481 e. The molecule has 14 heavy (non-hydrogen) atoms. The molecule has 1 N–H and O–H groups in total. The molecule has 0 atom stereocenters. The normalized spacial score (nSPS) is 10.1. The molecule has 0 aliphatic rings. The minimum absolute atomic E-state index is 0.271. The zero-order valence-corrected chi connectivity index (χ0v) is 8.20. The Morgan fingerprint density at radius 2 is 1.86 bits per heavy atom. The highest BCUT2D eigenvalue weighted by atomic mass is 16.4. The minimum Gasteiger partial charge on any atom is -0.481 e. The van der Waals surface area contributed by atoms with Gasteiger partial charge in [0.15, 0.2) is 0 Å². The maximum atomic E-state index is 10.2. The third-order valence-corrected chi connectivity index (χ3v) is 2.13. The van der Waals surface area contributed by atoms with E-state index in [1.807, 2.05) is 24.3 Å². The second-order valence-corrected chi connectivity index (χ2v) is 3.42. The lowest BCUT2D eigenvalue weighted by Gasteiger charge is -2.00. The summed E-state index contributed by atoms with van der Waals surface area (Å²) in [4.78, 5) is 10.2. The van der Waals surface area contributed by atoms with Crippen LogP contribution in [0.2, 0.25) is 0 Å². The van der Waals surface area contributed by atoms with Gasteiger partial charge in [0.1, 0.15) is 0 Å². The summed E-state index contributed by atoms with van der Waals surface area (Å²) in [7, 11) is 0. The molecule has 1 radical (unpaired) electrons. The smallest absolute Gasteiger partial charge is 0.303 e. The zero-order valence-electron chi connectivity index (χ0n) is 8.20. The molecule has 0 saturated heterocycles. The van der Waals surface area contributed by atoms with Gasteiger partial charge in [0, 0.05) is 6.42 Å². The molecule has 0 spiro atoms. The van der Waals surface area contributed by atoms with Crippen LogP contribution in [-0.4, -0.2) is 11.1 Å². The molecular weight excluding hydrogens is 176 g/mol. The molecule has 2 heteroatoms. The van der Waals surface area contributed by atoms with Crippen LogP contribution in [0.1, 0.15) is 30.4 Å². The third kappa shape index (κ3) is 4.08. The Morgan fingerprint density at radius 1 is 1.21 bits per heavy atom. The van der Waals surface area contributed by atoms with Crippen molar-refractivity contribution in [3.63, 3.8) is 0 Å². The van der Waals surface area contributed by atoms with Crippen LogP contribution in [0.5, 0.6) is 0 Å². The van der Waals surface area contributed by atoms with Crippen LogP contribution in [0.4, 0.5) is 0 Å². The fourth-order valence-electron chi connectivity index (χ4n) is 1.31. The summed E-state index contributed by atoms with van der Waals surface area (Å²) in [5.41, 5.74) is 2.27. The van der Waals surface area contributed by atoms with Crippen molar-refractivity contribution >= 4 is 5.97 Å². The molecule has 1 aromatic carbocycles. The second-order valence-electron chi connectivity index (χ2n) is 3.42. The topological polar surface area (TPSA) is 37.3 Å². The molecule has 0 unspecified atom stereocenters. The van der Waals surface area contributed by atoms with Gasteiger partial charge in [0.2, 0.25) is 0 Å². The van der Waals surface area contributed by atoms with Gasteiger partial charge in [-0.05, 0) is 37.3 Å². The Balaban J connectivity index is 2.25. The first-order chi connectivity index (χ1) is 6.68. The zero-order chi connectivity index (χ0) is 10.4. The standard InChI is InChI=1S/C12H15O2/c1-10-6-8-11(9-7-10)4-2-3-5-12(13)14/h6-9H,1-5H2,(H,13,14). The molecule has 0 aliphatic carbocycles. The molecule has 0 amide bonds. The molecule has 0 aliphatic heterocycles. The van der Waals surface area contributed by atoms with E-state index in [0.29, 0.717) is 0 Å². The van der Waals surface area contributed by atoms with Crippen LogP contribution in [0.3, 0.4) is 0 Å². The van der Waals surface area contributed by atoms with Gasteiger partial charge in [-0.3, -0.25) is 4.79 Å². The number of unbranched alkanes of at least 4 members (excludes halogenated alkanes) is 1. The molecule has 0 fully saturated rings. The van der Waals surface area contributed by atoms with E-state index in [-0.39, 0.29) is 6.42 Å². The summed E-state index contributed by atoms with van der Waals surface area (Å²) in [5, 5.41) is 8.44. The average molecular weight is 191 g/mol. The van der Waals surface area contributed by atoms with Gasteiger partial charge in [0.05, 0.1) is 0 Å². The Labute approximate surface area is 84.6 Å². The van der Waals surface area contributed by atoms with Crippen molar-refractivity contribution < 1.29 is 9.90 Å². The molecule has 2 nitrogen and oxygen atoms in total. The summed E-state index contributed by atoms with van der Waals surface area (Å²) < 4.78 is 0. The highest BCUT2D eigenvalue weighted by molar-refractivity contribution is 5.66. The number of hydrogen-bond donors (Lipinski definition) is 1. The van der Waals surface area contributed by atoms with Crippen LogP contribution < -0.4 is 0 Å². The number of rotatable bonds is 5. The number of carbonyl (C=O) groups is 1. The summed E-state index contributed by atoms with van der Waals surface area (Å²) in [6, 6.07) is 8.05. The lowest BCUT2D eigenvalue weighted by atomic mass is 10.1. The average Bonchev–Trinajstić information content (AvgIpc) is 2.15. The van der Waals surface area contributed by atoms with E-state index in [4.69, 9.17) is 5.11 Å². The summed E-state index contributed by atoms with van der Waals surface area (Å²) in [6.07, 6.45) is 2.91. The van der Waals surface area contributed by atoms with Crippen molar-refractivity contribution in [2.24, 2.45) is 0 Å². The maximum Gasteiger partial charge on any atom is 0.303 e. The fourth-order valence-corrected chi connectivity index (χ4v) is 1.31. The number of aliphatic carboxylic acids is 1. The predicted molar refractivity (Wildman–Crippen MR) is 56.1 cm³/mol. The molecule has 75 valence electrons. The number of hydrogen-bond acceptors (Lipinski definition) is 1. The Bertz CT molecular complexity index is 288. The lowest BCUT2D eigenvalue weighted by molar-refractivity contribution is -0.137. The molecule has 0 saturated carbocycles. The summed E-state index contributed by atoms with van der Waals surface area (Å²) in [6.45, 7) is 3.80. The van der Waals surface area contributed by atoms with Crippen LogP contribution >= 0.6 is 0 Å². The van der Waals surface area contributed by atoms with Gasteiger partial charge >= 0.3 is 5.97 Å². The first-order valence-corrected chi connectivity index (χ1v) is 4.81. The van der Waals surface area contributed by atoms with E-state index in [9.17, 15) is 4.79 Å². The monoisotopic (exact) mass is 191 g/mol. The number of carboxylic acids is 1. The summed E-state index contributed by atoms with van der Waals surface area (Å²) >= 11 is 0. The maximum absolute atomic E-state index is 10.2. The van der Waals surface area contributed by atoms with E-state index >= 15 is 0 Å². The van der Waals surface area contributed by atoms with E-state index in [1.54, 1.807) is 0 Å². The van der Waals surface area contributed by atoms with Crippen LogP contribution in [0.15, 0.2) is 24.3 Å². The molecule has 0 aromatic heterocycles. The van der Waals surface area contributed by atoms with Crippen molar-refractivity contribution in [1.82, 2.24) is 0 Å². The number of aryl methyl sites for hydroxylation is 1. The molecule has 1 aromatic rings. The van der Waals surface area contributed by atoms with Crippen molar-refractivity contribution in [3.05, 3.63) is 42.3 Å². The quantitative estimate of drug-likeness (QED) is 0.726. The van der Waals surface area contributed by atoms with E-state index in [1.165, 1.54) is 5.56 Å². The van der Waals surface area contributed by atoms with Gasteiger partial charge in [-0.25, -0.2) is 0 Å². The molecular formula is C12H15O2. The Kier molecular flexibility index (Phi) is 4.17. The Hall–Kier alpha value is -1.31. The predicted octanol–water partition coefficient (Wildman–Crippen LogP) is 2.67. The first-order valence-electron chi connectivity index (χ1n) is 4.81.